The number of nitrogens with zero attached hydrogens (tertiary/aromatic N) is 1. The zero-order valence-electron chi connectivity index (χ0n) is 18.9. The van der Waals surface area contributed by atoms with E-state index in [-0.39, 0.29) is 11.9 Å². The number of aromatic nitrogens is 1. The summed E-state index contributed by atoms with van der Waals surface area (Å²) >= 11 is 0. The van der Waals surface area contributed by atoms with Crippen LogP contribution >= 0.6 is 0 Å². The van der Waals surface area contributed by atoms with Crippen molar-refractivity contribution in [2.75, 3.05) is 13.2 Å². The average Bonchev–Trinajstić information content (AvgIpc) is 3.14. The molecular formula is C27H33NO3. The molecule has 1 unspecified atom stereocenters. The van der Waals surface area contributed by atoms with Gasteiger partial charge in [0.25, 0.3) is 0 Å². The van der Waals surface area contributed by atoms with Gasteiger partial charge in [0, 0.05) is 35.2 Å². The van der Waals surface area contributed by atoms with Gasteiger partial charge in [-0.05, 0) is 37.1 Å². The number of hydrogen-bond acceptors (Lipinski definition) is 3. The molecule has 0 amide bonds. The average molecular weight is 420 g/mol. The topological polar surface area (TPSA) is 40.5 Å². The second kappa shape index (κ2) is 10.9. The molecule has 1 atom stereocenters. The van der Waals surface area contributed by atoms with Crippen molar-refractivity contribution in [2.24, 2.45) is 5.92 Å². The van der Waals surface area contributed by atoms with E-state index in [1.807, 2.05) is 19.1 Å². The maximum Gasteiger partial charge on any atom is 0.333 e. The van der Waals surface area contributed by atoms with Gasteiger partial charge < -0.3 is 14.0 Å². The van der Waals surface area contributed by atoms with E-state index < -0.39 is 0 Å². The van der Waals surface area contributed by atoms with Gasteiger partial charge in [0.2, 0.25) is 0 Å². The van der Waals surface area contributed by atoms with Crippen molar-refractivity contribution < 1.29 is 14.3 Å². The fourth-order valence-corrected chi connectivity index (χ4v) is 3.56. The molecule has 3 aromatic rings. The highest BCUT2D eigenvalue weighted by molar-refractivity contribution is 5.88. The molecule has 1 heterocycles. The number of carbonyl (C=O) groups excluding carboxylic acids is 1. The Hall–Kier alpha value is -3.01. The van der Waals surface area contributed by atoms with Crippen molar-refractivity contribution >= 4 is 16.9 Å². The molecule has 3 rings (SSSR count). The Labute approximate surface area is 185 Å². The van der Waals surface area contributed by atoms with Crippen LogP contribution < -0.4 is 4.74 Å². The van der Waals surface area contributed by atoms with Crippen molar-refractivity contribution in [3.05, 3.63) is 66.7 Å². The van der Waals surface area contributed by atoms with Crippen LogP contribution in [0.4, 0.5) is 0 Å². The fourth-order valence-electron chi connectivity index (χ4n) is 3.56. The molecular weight excluding hydrogens is 386 g/mol. The summed E-state index contributed by atoms with van der Waals surface area (Å²) in [5.74, 6) is 0.571. The van der Waals surface area contributed by atoms with Crippen molar-refractivity contribution in [3.8, 4) is 17.0 Å². The standard InChI is InChI=1S/C27H33NO3/c1-5-6-10-15-28-25(22-11-8-7-9-12-22)16-23-13-14-24(17-26(23)28)30-18-21(4)19-31-27(29)20(2)3/h7-9,11-14,16-17,21H,2,5-6,10,15,18-19H2,1,3-4H3. The molecule has 0 aliphatic heterocycles. The second-order valence-corrected chi connectivity index (χ2v) is 8.27. The second-order valence-electron chi connectivity index (χ2n) is 8.27. The first kappa shape index (κ1) is 22.7. The lowest BCUT2D eigenvalue weighted by molar-refractivity contribution is -0.140. The Morgan fingerprint density at radius 2 is 1.84 bits per heavy atom. The van der Waals surface area contributed by atoms with E-state index in [9.17, 15) is 4.79 Å². The quantitative estimate of drug-likeness (QED) is 0.199. The third-order valence-electron chi connectivity index (χ3n) is 5.31. The molecule has 0 saturated carbocycles. The highest BCUT2D eigenvalue weighted by Gasteiger charge is 2.13. The molecule has 0 N–H and O–H groups in total. The lowest BCUT2D eigenvalue weighted by Gasteiger charge is -2.15. The van der Waals surface area contributed by atoms with Crippen molar-refractivity contribution in [2.45, 2.75) is 46.6 Å². The predicted octanol–water partition coefficient (Wildman–Crippen LogP) is 6.63. The maximum absolute atomic E-state index is 11.6. The Morgan fingerprint density at radius 1 is 1.06 bits per heavy atom. The van der Waals surface area contributed by atoms with Gasteiger partial charge in [0.1, 0.15) is 5.75 Å². The molecule has 0 fully saturated rings. The lowest BCUT2D eigenvalue weighted by atomic mass is 10.1. The van der Waals surface area contributed by atoms with Crippen LogP contribution in [0.2, 0.25) is 0 Å². The largest absolute Gasteiger partial charge is 0.493 e. The number of carbonyl (C=O) groups is 1. The molecule has 0 bridgehead atoms. The summed E-state index contributed by atoms with van der Waals surface area (Å²) in [6, 6.07) is 19.1. The van der Waals surface area contributed by atoms with Crippen LogP contribution in [0.1, 0.15) is 40.0 Å². The third kappa shape index (κ3) is 6.00. The molecule has 0 saturated heterocycles. The minimum Gasteiger partial charge on any atom is -0.493 e. The number of unbranched alkanes of at least 4 members (excludes halogenated alkanes) is 2. The first-order chi connectivity index (χ1) is 15.0. The zero-order chi connectivity index (χ0) is 22.2. The van der Waals surface area contributed by atoms with E-state index in [4.69, 9.17) is 9.47 Å². The Morgan fingerprint density at radius 3 is 2.55 bits per heavy atom. The molecule has 164 valence electrons. The number of fused-ring (bicyclic) bond motifs is 1. The molecule has 0 spiro atoms. The van der Waals surface area contributed by atoms with E-state index >= 15 is 0 Å². The first-order valence-corrected chi connectivity index (χ1v) is 11.1. The molecule has 4 heteroatoms. The van der Waals surface area contributed by atoms with Crippen LogP contribution in [0.25, 0.3) is 22.2 Å². The highest BCUT2D eigenvalue weighted by Crippen LogP contribution is 2.31. The smallest absolute Gasteiger partial charge is 0.333 e. The lowest BCUT2D eigenvalue weighted by Crippen LogP contribution is -2.18. The number of esters is 1. The Bertz CT molecular complexity index is 1020. The summed E-state index contributed by atoms with van der Waals surface area (Å²) in [6.07, 6.45) is 3.56. The van der Waals surface area contributed by atoms with Gasteiger partial charge in [-0.25, -0.2) is 4.79 Å². The van der Waals surface area contributed by atoms with Crippen molar-refractivity contribution in [3.63, 3.8) is 0 Å². The number of ether oxygens (including phenoxy) is 2. The SMILES string of the molecule is C=C(C)C(=O)OCC(C)COc1ccc2cc(-c3ccccc3)n(CCCCC)c2c1. The molecule has 4 nitrogen and oxygen atoms in total. The van der Waals surface area contributed by atoms with Crippen LogP contribution in [0.15, 0.2) is 66.7 Å². The van der Waals surface area contributed by atoms with E-state index in [2.05, 4.69) is 60.5 Å². The molecule has 31 heavy (non-hydrogen) atoms. The van der Waals surface area contributed by atoms with Gasteiger partial charge in [0.05, 0.1) is 18.7 Å². The van der Waals surface area contributed by atoms with Gasteiger partial charge in [0.15, 0.2) is 0 Å². The minimum absolute atomic E-state index is 0.0928. The summed E-state index contributed by atoms with van der Waals surface area (Å²) in [7, 11) is 0. The summed E-state index contributed by atoms with van der Waals surface area (Å²) in [6.45, 7) is 11.3. The summed E-state index contributed by atoms with van der Waals surface area (Å²) in [4.78, 5) is 11.6. The van der Waals surface area contributed by atoms with Crippen molar-refractivity contribution in [1.29, 1.82) is 0 Å². The molecule has 2 aromatic carbocycles. The molecule has 0 radical (unpaired) electrons. The monoisotopic (exact) mass is 419 g/mol. The van der Waals surface area contributed by atoms with Crippen molar-refractivity contribution in [1.82, 2.24) is 4.57 Å². The predicted molar refractivity (Wildman–Crippen MR) is 127 cm³/mol. The zero-order valence-corrected chi connectivity index (χ0v) is 18.9. The van der Waals surface area contributed by atoms with Gasteiger partial charge in [-0.1, -0.05) is 63.6 Å². The van der Waals surface area contributed by atoms with Crippen LogP contribution in [0.5, 0.6) is 5.75 Å². The molecule has 0 aliphatic carbocycles. The third-order valence-corrected chi connectivity index (χ3v) is 5.31. The van der Waals surface area contributed by atoms with E-state index in [0.29, 0.717) is 18.8 Å². The number of benzene rings is 2. The van der Waals surface area contributed by atoms with E-state index in [1.54, 1.807) is 6.92 Å². The number of aryl methyl sites for hydroxylation is 1. The molecule has 1 aromatic heterocycles. The van der Waals surface area contributed by atoms with Gasteiger partial charge in [-0.2, -0.15) is 0 Å². The first-order valence-electron chi connectivity index (χ1n) is 11.1. The van der Waals surface area contributed by atoms with Gasteiger partial charge in [-0.3, -0.25) is 0 Å². The van der Waals surface area contributed by atoms with Crippen LogP contribution in [0, 0.1) is 5.92 Å². The van der Waals surface area contributed by atoms with Crippen LogP contribution in [0.3, 0.4) is 0 Å². The normalized spacial score (nSPS) is 12.0. The maximum atomic E-state index is 11.6. The summed E-state index contributed by atoms with van der Waals surface area (Å²) in [5.41, 5.74) is 4.07. The van der Waals surface area contributed by atoms with E-state index in [0.717, 1.165) is 18.7 Å². The number of rotatable bonds is 11. The number of hydrogen-bond donors (Lipinski definition) is 0. The summed E-state index contributed by atoms with van der Waals surface area (Å²) < 4.78 is 13.7. The Balaban J connectivity index is 1.77. The molecule has 0 aliphatic rings. The van der Waals surface area contributed by atoms with Gasteiger partial charge >= 0.3 is 5.97 Å². The summed E-state index contributed by atoms with van der Waals surface area (Å²) in [5, 5.41) is 1.21. The highest BCUT2D eigenvalue weighted by atomic mass is 16.5. The minimum atomic E-state index is -0.355. The van der Waals surface area contributed by atoms with Crippen LogP contribution in [-0.2, 0) is 16.1 Å². The Kier molecular flexibility index (Phi) is 7.94. The van der Waals surface area contributed by atoms with Crippen LogP contribution in [-0.4, -0.2) is 23.8 Å². The van der Waals surface area contributed by atoms with Gasteiger partial charge in [-0.15, -0.1) is 0 Å². The van der Waals surface area contributed by atoms with E-state index in [1.165, 1.54) is 35.0 Å². The fraction of sp³-hybridized carbons (Fsp3) is 0.370.